The van der Waals surface area contributed by atoms with Gasteiger partial charge in [-0.05, 0) is 30.0 Å². The maximum atomic E-state index is 3.78. The van der Waals surface area contributed by atoms with Gasteiger partial charge in [-0.25, -0.2) is 0 Å². The standard InChI is InChI=1S/C14H18BrNS2/c15-13-3-1-2-12-11(13)4-5-14(12)16-8-10-9-17-6-7-18-10/h1-3,10,14,16H,4-9H2. The van der Waals surface area contributed by atoms with Crippen molar-refractivity contribution in [2.75, 3.05) is 23.8 Å². The Labute approximate surface area is 126 Å². The van der Waals surface area contributed by atoms with E-state index in [1.54, 1.807) is 0 Å². The zero-order valence-corrected chi connectivity index (χ0v) is 13.5. The highest BCUT2D eigenvalue weighted by Crippen LogP contribution is 2.35. The Morgan fingerprint density at radius 2 is 2.28 bits per heavy atom. The molecule has 2 aliphatic rings. The molecule has 0 radical (unpaired) electrons. The van der Waals surface area contributed by atoms with Crippen LogP contribution in [0.15, 0.2) is 22.7 Å². The molecular weight excluding hydrogens is 326 g/mol. The molecule has 0 spiro atoms. The molecule has 1 aliphatic heterocycles. The van der Waals surface area contributed by atoms with Crippen molar-refractivity contribution >= 4 is 39.5 Å². The second kappa shape index (κ2) is 6.21. The lowest BCUT2D eigenvalue weighted by Gasteiger charge is -2.23. The Kier molecular flexibility index (Phi) is 4.60. The molecule has 1 aromatic rings. The van der Waals surface area contributed by atoms with Gasteiger partial charge in [-0.3, -0.25) is 0 Å². The number of benzene rings is 1. The van der Waals surface area contributed by atoms with Crippen LogP contribution in [-0.4, -0.2) is 29.1 Å². The molecule has 1 aromatic carbocycles. The lowest BCUT2D eigenvalue weighted by molar-refractivity contribution is 0.534. The molecule has 0 bridgehead atoms. The SMILES string of the molecule is Brc1cccc2c1CCC2NCC1CSCCS1. The van der Waals surface area contributed by atoms with Crippen LogP contribution in [0.3, 0.4) is 0 Å². The Morgan fingerprint density at radius 1 is 1.33 bits per heavy atom. The molecule has 2 atom stereocenters. The van der Waals surface area contributed by atoms with Crippen LogP contribution in [0.2, 0.25) is 0 Å². The van der Waals surface area contributed by atoms with Crippen molar-refractivity contribution in [3.8, 4) is 0 Å². The molecular formula is C14H18BrNS2. The molecule has 1 heterocycles. The van der Waals surface area contributed by atoms with Crippen LogP contribution in [0.5, 0.6) is 0 Å². The van der Waals surface area contributed by atoms with Crippen LogP contribution < -0.4 is 5.32 Å². The van der Waals surface area contributed by atoms with Gasteiger partial charge in [0, 0.05) is 39.6 Å². The molecule has 0 saturated carbocycles. The highest BCUT2D eigenvalue weighted by Gasteiger charge is 2.24. The number of nitrogens with one attached hydrogen (secondary N) is 1. The average molecular weight is 344 g/mol. The second-order valence-electron chi connectivity index (χ2n) is 4.87. The molecule has 18 heavy (non-hydrogen) atoms. The molecule has 1 N–H and O–H groups in total. The summed E-state index contributed by atoms with van der Waals surface area (Å²) < 4.78 is 1.28. The number of rotatable bonds is 3. The van der Waals surface area contributed by atoms with Gasteiger partial charge in [-0.15, -0.1) is 0 Å². The third kappa shape index (κ3) is 2.92. The number of hydrogen-bond donors (Lipinski definition) is 1. The van der Waals surface area contributed by atoms with E-state index in [4.69, 9.17) is 0 Å². The molecule has 2 unspecified atom stereocenters. The molecule has 1 aliphatic carbocycles. The summed E-state index contributed by atoms with van der Waals surface area (Å²) in [6.07, 6.45) is 2.46. The van der Waals surface area contributed by atoms with E-state index >= 15 is 0 Å². The largest absolute Gasteiger partial charge is 0.309 e. The molecule has 4 heteroatoms. The van der Waals surface area contributed by atoms with Crippen molar-refractivity contribution in [2.45, 2.75) is 24.1 Å². The fourth-order valence-electron chi connectivity index (χ4n) is 2.75. The van der Waals surface area contributed by atoms with Gasteiger partial charge in [0.15, 0.2) is 0 Å². The summed E-state index contributed by atoms with van der Waals surface area (Å²) in [4.78, 5) is 0. The maximum absolute atomic E-state index is 3.78. The fourth-order valence-corrected chi connectivity index (χ4v) is 5.95. The van der Waals surface area contributed by atoms with Gasteiger partial charge < -0.3 is 5.32 Å². The van der Waals surface area contributed by atoms with Crippen LogP contribution in [0.4, 0.5) is 0 Å². The maximum Gasteiger partial charge on any atom is 0.0327 e. The van der Waals surface area contributed by atoms with Crippen molar-refractivity contribution in [1.82, 2.24) is 5.32 Å². The van der Waals surface area contributed by atoms with Crippen molar-refractivity contribution in [2.24, 2.45) is 0 Å². The minimum Gasteiger partial charge on any atom is -0.309 e. The first-order chi connectivity index (χ1) is 8.84. The minimum absolute atomic E-state index is 0.574. The van der Waals surface area contributed by atoms with Gasteiger partial charge in [-0.2, -0.15) is 23.5 Å². The van der Waals surface area contributed by atoms with Crippen molar-refractivity contribution in [3.63, 3.8) is 0 Å². The van der Waals surface area contributed by atoms with E-state index in [9.17, 15) is 0 Å². The third-order valence-electron chi connectivity index (χ3n) is 3.69. The molecule has 0 amide bonds. The van der Waals surface area contributed by atoms with Crippen LogP contribution >= 0.6 is 39.5 Å². The summed E-state index contributed by atoms with van der Waals surface area (Å²) in [6, 6.07) is 7.18. The van der Waals surface area contributed by atoms with E-state index in [1.165, 1.54) is 45.7 Å². The smallest absolute Gasteiger partial charge is 0.0327 e. The van der Waals surface area contributed by atoms with E-state index in [1.807, 2.05) is 0 Å². The van der Waals surface area contributed by atoms with E-state index in [0.29, 0.717) is 6.04 Å². The van der Waals surface area contributed by atoms with Gasteiger partial charge in [0.25, 0.3) is 0 Å². The van der Waals surface area contributed by atoms with E-state index in [0.717, 1.165) is 11.8 Å². The Bertz CT molecular complexity index is 418. The highest BCUT2D eigenvalue weighted by atomic mass is 79.9. The second-order valence-corrected chi connectivity index (χ2v) is 8.29. The van der Waals surface area contributed by atoms with E-state index in [-0.39, 0.29) is 0 Å². The average Bonchev–Trinajstić information content (AvgIpc) is 2.82. The predicted molar refractivity (Wildman–Crippen MR) is 86.8 cm³/mol. The van der Waals surface area contributed by atoms with Gasteiger partial charge in [-0.1, -0.05) is 28.1 Å². The van der Waals surface area contributed by atoms with Gasteiger partial charge in [0.2, 0.25) is 0 Å². The molecule has 1 saturated heterocycles. The minimum atomic E-state index is 0.574. The summed E-state index contributed by atoms with van der Waals surface area (Å²) in [5.74, 6) is 3.97. The van der Waals surface area contributed by atoms with Crippen LogP contribution in [0, 0.1) is 0 Å². The normalized spacial score (nSPS) is 27.2. The Balaban J connectivity index is 1.60. The monoisotopic (exact) mass is 343 g/mol. The topological polar surface area (TPSA) is 12.0 Å². The van der Waals surface area contributed by atoms with E-state index in [2.05, 4.69) is 63.0 Å². The zero-order valence-electron chi connectivity index (χ0n) is 10.3. The van der Waals surface area contributed by atoms with Crippen LogP contribution in [-0.2, 0) is 6.42 Å². The first kappa shape index (κ1) is 13.3. The molecule has 98 valence electrons. The highest BCUT2D eigenvalue weighted by molar-refractivity contribution is 9.10. The first-order valence-electron chi connectivity index (χ1n) is 6.54. The summed E-state index contributed by atoms with van der Waals surface area (Å²) >= 11 is 7.91. The van der Waals surface area contributed by atoms with Gasteiger partial charge in [0.1, 0.15) is 0 Å². The first-order valence-corrected chi connectivity index (χ1v) is 9.54. The summed E-state index contributed by atoms with van der Waals surface area (Å²) in [5, 5.41) is 4.59. The number of halogens is 1. The predicted octanol–water partition coefficient (Wildman–Crippen LogP) is 3.87. The lowest BCUT2D eigenvalue weighted by Crippen LogP contribution is -2.31. The van der Waals surface area contributed by atoms with Gasteiger partial charge >= 0.3 is 0 Å². The van der Waals surface area contributed by atoms with Crippen molar-refractivity contribution in [3.05, 3.63) is 33.8 Å². The van der Waals surface area contributed by atoms with Crippen molar-refractivity contribution in [1.29, 1.82) is 0 Å². The molecule has 1 fully saturated rings. The third-order valence-corrected chi connectivity index (χ3v) is 7.28. The Hall–Kier alpha value is 0.360. The Morgan fingerprint density at radius 3 is 3.11 bits per heavy atom. The molecule has 3 rings (SSSR count). The fraction of sp³-hybridized carbons (Fsp3) is 0.571. The summed E-state index contributed by atoms with van der Waals surface area (Å²) in [5.41, 5.74) is 3.03. The lowest BCUT2D eigenvalue weighted by atomic mass is 10.1. The molecule has 1 nitrogen and oxygen atoms in total. The number of hydrogen-bond acceptors (Lipinski definition) is 3. The number of thioether (sulfide) groups is 2. The zero-order chi connectivity index (χ0) is 12.4. The van der Waals surface area contributed by atoms with Crippen LogP contribution in [0.25, 0.3) is 0 Å². The number of fused-ring (bicyclic) bond motifs is 1. The summed E-state index contributed by atoms with van der Waals surface area (Å²) in [6.45, 7) is 1.16. The van der Waals surface area contributed by atoms with E-state index < -0.39 is 0 Å². The van der Waals surface area contributed by atoms with Crippen LogP contribution in [0.1, 0.15) is 23.6 Å². The van der Waals surface area contributed by atoms with Crippen molar-refractivity contribution < 1.29 is 0 Å². The summed E-state index contributed by atoms with van der Waals surface area (Å²) in [7, 11) is 0. The van der Waals surface area contributed by atoms with Gasteiger partial charge in [0.05, 0.1) is 0 Å². The quantitative estimate of drug-likeness (QED) is 0.894. The molecule has 0 aromatic heterocycles.